The zero-order valence-corrected chi connectivity index (χ0v) is 12.8. The molecule has 94 valence electrons. The summed E-state index contributed by atoms with van der Waals surface area (Å²) in [5.41, 5.74) is 1.67. The molecule has 0 aromatic heterocycles. The standard InChI is InChI=1S/C14H19BrClN/c1-14(2)6-3-7-17(10-14)9-11-4-5-12(15)8-13(11)16/h4-5,8H,3,6-7,9-10H2,1-2H3. The van der Waals surface area contributed by atoms with Crippen molar-refractivity contribution in [2.75, 3.05) is 13.1 Å². The molecule has 0 radical (unpaired) electrons. The van der Waals surface area contributed by atoms with Gasteiger partial charge < -0.3 is 0 Å². The van der Waals surface area contributed by atoms with Gasteiger partial charge in [0.1, 0.15) is 0 Å². The summed E-state index contributed by atoms with van der Waals surface area (Å²) in [5, 5.41) is 0.864. The van der Waals surface area contributed by atoms with Gasteiger partial charge in [0.25, 0.3) is 0 Å². The molecule has 0 amide bonds. The Bertz CT molecular complexity index is 403. The summed E-state index contributed by atoms with van der Waals surface area (Å²) in [6.45, 7) is 8.02. The van der Waals surface area contributed by atoms with Gasteiger partial charge in [-0.25, -0.2) is 0 Å². The molecule has 1 aromatic carbocycles. The molecule has 0 spiro atoms. The first-order valence-electron chi connectivity index (χ1n) is 6.13. The molecule has 0 saturated carbocycles. The summed E-state index contributed by atoms with van der Waals surface area (Å²) >= 11 is 9.70. The van der Waals surface area contributed by atoms with Crippen molar-refractivity contribution in [1.82, 2.24) is 4.90 Å². The molecule has 1 fully saturated rings. The molecule has 2 rings (SSSR count). The van der Waals surface area contributed by atoms with E-state index in [2.05, 4.69) is 46.8 Å². The molecule has 1 aliphatic heterocycles. The summed E-state index contributed by atoms with van der Waals surface area (Å²) in [6, 6.07) is 6.16. The van der Waals surface area contributed by atoms with E-state index in [-0.39, 0.29) is 0 Å². The fraction of sp³-hybridized carbons (Fsp3) is 0.571. The number of halogens is 2. The topological polar surface area (TPSA) is 3.24 Å². The van der Waals surface area contributed by atoms with Crippen LogP contribution in [0.15, 0.2) is 22.7 Å². The van der Waals surface area contributed by atoms with Crippen molar-refractivity contribution in [2.24, 2.45) is 5.41 Å². The van der Waals surface area contributed by atoms with Gasteiger partial charge in [0, 0.05) is 22.6 Å². The highest BCUT2D eigenvalue weighted by atomic mass is 79.9. The molecule has 0 bridgehead atoms. The maximum atomic E-state index is 6.26. The van der Waals surface area contributed by atoms with Gasteiger partial charge in [0.15, 0.2) is 0 Å². The molecule has 0 unspecified atom stereocenters. The number of nitrogens with zero attached hydrogens (tertiary/aromatic N) is 1. The van der Waals surface area contributed by atoms with Crippen LogP contribution in [0.3, 0.4) is 0 Å². The van der Waals surface area contributed by atoms with Crippen LogP contribution in [0.2, 0.25) is 5.02 Å². The minimum absolute atomic E-state index is 0.445. The van der Waals surface area contributed by atoms with Crippen LogP contribution in [0.1, 0.15) is 32.3 Å². The van der Waals surface area contributed by atoms with Crippen molar-refractivity contribution in [3.63, 3.8) is 0 Å². The lowest BCUT2D eigenvalue weighted by atomic mass is 9.84. The third kappa shape index (κ3) is 3.70. The first-order chi connectivity index (χ1) is 7.96. The van der Waals surface area contributed by atoms with Crippen molar-refractivity contribution >= 4 is 27.5 Å². The van der Waals surface area contributed by atoms with Gasteiger partial charge in [0.05, 0.1) is 0 Å². The highest BCUT2D eigenvalue weighted by Crippen LogP contribution is 2.30. The molecular weight excluding hydrogens is 298 g/mol. The Labute approximate surface area is 117 Å². The highest BCUT2D eigenvalue weighted by molar-refractivity contribution is 9.10. The largest absolute Gasteiger partial charge is 0.298 e. The maximum absolute atomic E-state index is 6.26. The van der Waals surface area contributed by atoms with Crippen LogP contribution in [-0.4, -0.2) is 18.0 Å². The highest BCUT2D eigenvalue weighted by Gasteiger charge is 2.26. The molecule has 0 N–H and O–H groups in total. The van der Waals surface area contributed by atoms with Crippen molar-refractivity contribution in [3.8, 4) is 0 Å². The van der Waals surface area contributed by atoms with Gasteiger partial charge in [-0.2, -0.15) is 0 Å². The molecule has 3 heteroatoms. The second kappa shape index (κ2) is 5.29. The predicted octanol–water partition coefficient (Wildman–Crippen LogP) is 4.72. The van der Waals surface area contributed by atoms with Gasteiger partial charge >= 0.3 is 0 Å². The van der Waals surface area contributed by atoms with Crippen LogP contribution in [0, 0.1) is 5.41 Å². The fourth-order valence-electron chi connectivity index (χ4n) is 2.57. The molecule has 1 nitrogen and oxygen atoms in total. The average Bonchev–Trinajstić information content (AvgIpc) is 2.21. The zero-order valence-electron chi connectivity index (χ0n) is 10.5. The zero-order chi connectivity index (χ0) is 12.5. The van der Waals surface area contributed by atoms with E-state index < -0.39 is 0 Å². The van der Waals surface area contributed by atoms with Crippen LogP contribution in [0.25, 0.3) is 0 Å². The Kier molecular flexibility index (Phi) is 4.17. The third-order valence-corrected chi connectivity index (χ3v) is 4.23. The molecule has 0 aliphatic carbocycles. The molecule has 1 aromatic rings. The number of hydrogen-bond donors (Lipinski definition) is 0. The Balaban J connectivity index is 2.05. The Morgan fingerprint density at radius 3 is 2.82 bits per heavy atom. The molecule has 1 heterocycles. The lowest BCUT2D eigenvalue weighted by Gasteiger charge is -2.38. The lowest BCUT2D eigenvalue weighted by molar-refractivity contribution is 0.112. The van der Waals surface area contributed by atoms with Crippen molar-refractivity contribution < 1.29 is 0 Å². The van der Waals surface area contributed by atoms with Crippen LogP contribution >= 0.6 is 27.5 Å². The van der Waals surface area contributed by atoms with Crippen molar-refractivity contribution in [1.29, 1.82) is 0 Å². The Morgan fingerprint density at radius 1 is 1.41 bits per heavy atom. The van der Waals surface area contributed by atoms with Gasteiger partial charge in [-0.3, -0.25) is 4.90 Å². The van der Waals surface area contributed by atoms with Gasteiger partial charge in [0.2, 0.25) is 0 Å². The second-order valence-electron chi connectivity index (χ2n) is 5.71. The van der Waals surface area contributed by atoms with Crippen LogP contribution < -0.4 is 0 Å². The lowest BCUT2D eigenvalue weighted by Crippen LogP contribution is -2.39. The maximum Gasteiger partial charge on any atom is 0.0462 e. The number of hydrogen-bond acceptors (Lipinski definition) is 1. The normalized spacial score (nSPS) is 20.5. The van der Waals surface area contributed by atoms with E-state index in [0.29, 0.717) is 5.41 Å². The number of benzene rings is 1. The van der Waals surface area contributed by atoms with Crippen molar-refractivity contribution in [2.45, 2.75) is 33.2 Å². The van der Waals surface area contributed by atoms with Crippen LogP contribution in [0.5, 0.6) is 0 Å². The number of piperidine rings is 1. The van der Waals surface area contributed by atoms with Crippen LogP contribution in [-0.2, 0) is 6.54 Å². The first-order valence-corrected chi connectivity index (χ1v) is 7.30. The summed E-state index contributed by atoms with van der Waals surface area (Å²) in [5.74, 6) is 0. The summed E-state index contributed by atoms with van der Waals surface area (Å²) in [7, 11) is 0. The van der Waals surface area contributed by atoms with E-state index in [1.807, 2.05) is 6.07 Å². The fourth-order valence-corrected chi connectivity index (χ4v) is 3.30. The van der Waals surface area contributed by atoms with E-state index in [0.717, 1.165) is 16.0 Å². The Morgan fingerprint density at radius 2 is 2.18 bits per heavy atom. The monoisotopic (exact) mass is 315 g/mol. The number of likely N-dealkylation sites (tertiary alicyclic amines) is 1. The van der Waals surface area contributed by atoms with Gasteiger partial charge in [-0.1, -0.05) is 47.4 Å². The second-order valence-corrected chi connectivity index (χ2v) is 7.04. The van der Waals surface area contributed by atoms with Gasteiger partial charge in [-0.05, 0) is 42.5 Å². The minimum atomic E-state index is 0.445. The number of rotatable bonds is 2. The smallest absolute Gasteiger partial charge is 0.0462 e. The third-order valence-electron chi connectivity index (χ3n) is 3.39. The molecule has 1 aliphatic rings. The van der Waals surface area contributed by atoms with Crippen LogP contribution in [0.4, 0.5) is 0 Å². The SMILES string of the molecule is CC1(C)CCCN(Cc2ccc(Br)cc2Cl)C1. The average molecular weight is 317 g/mol. The summed E-state index contributed by atoms with van der Waals surface area (Å²) in [6.07, 6.45) is 2.62. The minimum Gasteiger partial charge on any atom is -0.298 e. The van der Waals surface area contributed by atoms with Gasteiger partial charge in [-0.15, -0.1) is 0 Å². The molecule has 17 heavy (non-hydrogen) atoms. The van der Waals surface area contributed by atoms with E-state index in [9.17, 15) is 0 Å². The Hall–Kier alpha value is -0.0500. The molecule has 1 saturated heterocycles. The summed E-state index contributed by atoms with van der Waals surface area (Å²) in [4.78, 5) is 2.51. The van der Waals surface area contributed by atoms with E-state index in [1.165, 1.54) is 31.5 Å². The van der Waals surface area contributed by atoms with E-state index in [1.54, 1.807) is 0 Å². The summed E-state index contributed by atoms with van der Waals surface area (Å²) < 4.78 is 1.05. The molecule has 0 atom stereocenters. The van der Waals surface area contributed by atoms with Crippen molar-refractivity contribution in [3.05, 3.63) is 33.3 Å². The predicted molar refractivity (Wildman–Crippen MR) is 77.4 cm³/mol. The quantitative estimate of drug-likeness (QED) is 0.763. The first kappa shape index (κ1) is 13.4. The van der Waals surface area contributed by atoms with E-state index in [4.69, 9.17) is 11.6 Å². The molecular formula is C14H19BrClN. The van der Waals surface area contributed by atoms with E-state index >= 15 is 0 Å².